The fourth-order valence-corrected chi connectivity index (χ4v) is 3.51. The molecular formula is C16H21N3S. The minimum atomic E-state index is 0.599. The Labute approximate surface area is 124 Å². The maximum Gasteiger partial charge on any atom is 0.0987 e. The van der Waals surface area contributed by atoms with Crippen molar-refractivity contribution in [3.63, 3.8) is 0 Å². The first-order chi connectivity index (χ1) is 9.67. The molecule has 1 aromatic carbocycles. The largest absolute Gasteiger partial charge is 0.326 e. The highest BCUT2D eigenvalue weighted by Gasteiger charge is 2.31. The van der Waals surface area contributed by atoms with Gasteiger partial charge in [0, 0.05) is 37.8 Å². The summed E-state index contributed by atoms with van der Waals surface area (Å²) in [6.45, 7) is 7.40. The molecular weight excluding hydrogens is 266 g/mol. The Morgan fingerprint density at radius 2 is 2.00 bits per heavy atom. The molecule has 0 saturated carbocycles. The second kappa shape index (κ2) is 5.64. The van der Waals surface area contributed by atoms with Crippen molar-refractivity contribution in [3.05, 3.63) is 41.0 Å². The van der Waals surface area contributed by atoms with Gasteiger partial charge in [-0.25, -0.2) is 4.98 Å². The molecule has 1 fully saturated rings. The van der Waals surface area contributed by atoms with E-state index in [4.69, 9.17) is 5.73 Å². The van der Waals surface area contributed by atoms with Gasteiger partial charge in [-0.1, -0.05) is 24.3 Å². The Morgan fingerprint density at radius 3 is 2.60 bits per heavy atom. The van der Waals surface area contributed by atoms with Crippen LogP contribution < -0.4 is 5.73 Å². The predicted octanol–water partition coefficient (Wildman–Crippen LogP) is 3.08. The first kappa shape index (κ1) is 13.7. The first-order valence-electron chi connectivity index (χ1n) is 7.16. The summed E-state index contributed by atoms with van der Waals surface area (Å²) < 4.78 is 0. The van der Waals surface area contributed by atoms with E-state index in [-0.39, 0.29) is 0 Å². The molecule has 2 heterocycles. The van der Waals surface area contributed by atoms with E-state index in [1.807, 2.05) is 17.5 Å². The van der Waals surface area contributed by atoms with Crippen LogP contribution in [-0.4, -0.2) is 29.0 Å². The van der Waals surface area contributed by atoms with E-state index >= 15 is 0 Å². The molecule has 2 aromatic rings. The van der Waals surface area contributed by atoms with E-state index in [2.05, 4.69) is 48.0 Å². The molecule has 1 aliphatic heterocycles. The average molecular weight is 287 g/mol. The van der Waals surface area contributed by atoms with Crippen molar-refractivity contribution in [1.29, 1.82) is 0 Å². The molecule has 3 nitrogen and oxygen atoms in total. The van der Waals surface area contributed by atoms with Crippen molar-refractivity contribution in [1.82, 2.24) is 9.88 Å². The Balaban J connectivity index is 1.70. The molecule has 0 amide bonds. The second-order valence-corrected chi connectivity index (χ2v) is 6.77. The Morgan fingerprint density at radius 1 is 1.30 bits per heavy atom. The quantitative estimate of drug-likeness (QED) is 0.939. The zero-order chi connectivity index (χ0) is 14.1. The number of likely N-dealkylation sites (tertiary alicyclic amines) is 1. The van der Waals surface area contributed by atoms with Crippen LogP contribution in [0.15, 0.2) is 30.5 Å². The predicted molar refractivity (Wildman–Crippen MR) is 84.9 cm³/mol. The van der Waals surface area contributed by atoms with E-state index in [0.717, 1.165) is 13.1 Å². The van der Waals surface area contributed by atoms with Gasteiger partial charge in [0.05, 0.1) is 9.88 Å². The van der Waals surface area contributed by atoms with E-state index in [9.17, 15) is 0 Å². The van der Waals surface area contributed by atoms with Crippen molar-refractivity contribution < 1.29 is 0 Å². The molecule has 3 rings (SSSR count). The fraction of sp³-hybridized carbons (Fsp3) is 0.438. The number of nitrogens with two attached hydrogens (primary N) is 1. The minimum Gasteiger partial charge on any atom is -0.326 e. The van der Waals surface area contributed by atoms with Gasteiger partial charge in [0.15, 0.2) is 0 Å². The normalized spacial score (nSPS) is 16.6. The zero-order valence-electron chi connectivity index (χ0n) is 12.0. The highest BCUT2D eigenvalue weighted by atomic mass is 32.1. The maximum atomic E-state index is 5.63. The summed E-state index contributed by atoms with van der Waals surface area (Å²) in [5.74, 6) is 0.625. The van der Waals surface area contributed by atoms with Gasteiger partial charge in [0.25, 0.3) is 0 Å². The van der Waals surface area contributed by atoms with Gasteiger partial charge >= 0.3 is 0 Å². The summed E-state index contributed by atoms with van der Waals surface area (Å²) >= 11 is 1.83. The molecule has 0 spiro atoms. The van der Waals surface area contributed by atoms with Crippen molar-refractivity contribution in [2.45, 2.75) is 32.4 Å². The van der Waals surface area contributed by atoms with Crippen LogP contribution in [-0.2, 0) is 6.54 Å². The van der Waals surface area contributed by atoms with Gasteiger partial charge in [-0.05, 0) is 25.0 Å². The lowest BCUT2D eigenvalue weighted by molar-refractivity contribution is 0.110. The van der Waals surface area contributed by atoms with Gasteiger partial charge in [-0.2, -0.15) is 0 Å². The molecule has 0 aliphatic carbocycles. The third-order valence-electron chi connectivity index (χ3n) is 3.99. The number of benzene rings is 1. The number of aromatic nitrogens is 1. The summed E-state index contributed by atoms with van der Waals surface area (Å²) in [6.07, 6.45) is 2.01. The lowest BCUT2D eigenvalue weighted by atomic mass is 9.99. The molecule has 0 unspecified atom stereocenters. The van der Waals surface area contributed by atoms with Crippen LogP contribution in [0.3, 0.4) is 0 Å². The molecule has 4 heteroatoms. The van der Waals surface area contributed by atoms with Crippen molar-refractivity contribution in [3.8, 4) is 10.4 Å². The summed E-state index contributed by atoms with van der Waals surface area (Å²) in [7, 11) is 0. The fourth-order valence-electron chi connectivity index (χ4n) is 2.51. The average Bonchev–Trinajstić information content (AvgIpc) is 2.86. The number of hydrogen-bond donors (Lipinski definition) is 1. The summed E-state index contributed by atoms with van der Waals surface area (Å²) in [5, 5.41) is 1.28. The van der Waals surface area contributed by atoms with Crippen molar-refractivity contribution >= 4 is 11.3 Å². The molecule has 0 radical (unpaired) electrons. The summed E-state index contributed by atoms with van der Waals surface area (Å²) in [4.78, 5) is 8.36. The van der Waals surface area contributed by atoms with Crippen LogP contribution in [0.4, 0.5) is 0 Å². The van der Waals surface area contributed by atoms with Gasteiger partial charge in [0.2, 0.25) is 0 Å². The van der Waals surface area contributed by atoms with Gasteiger partial charge in [0.1, 0.15) is 0 Å². The lowest BCUT2D eigenvalue weighted by Crippen LogP contribution is -2.48. The second-order valence-electron chi connectivity index (χ2n) is 5.71. The van der Waals surface area contributed by atoms with E-state index in [1.54, 1.807) is 0 Å². The van der Waals surface area contributed by atoms with Crippen LogP contribution in [0, 0.1) is 0 Å². The third-order valence-corrected chi connectivity index (χ3v) is 5.20. The lowest BCUT2D eigenvalue weighted by Gasteiger charge is -2.41. The highest BCUT2D eigenvalue weighted by molar-refractivity contribution is 7.15. The SMILES string of the molecule is CC(C)N1CC(c2ncc(-c3ccc(CN)cc3)s2)C1. The smallest absolute Gasteiger partial charge is 0.0987 e. The van der Waals surface area contributed by atoms with Crippen LogP contribution in [0.2, 0.25) is 0 Å². The topological polar surface area (TPSA) is 42.2 Å². The zero-order valence-corrected chi connectivity index (χ0v) is 12.9. The third kappa shape index (κ3) is 2.64. The summed E-state index contributed by atoms with van der Waals surface area (Å²) in [5.41, 5.74) is 8.04. The van der Waals surface area contributed by atoms with Gasteiger partial charge < -0.3 is 5.73 Å². The van der Waals surface area contributed by atoms with Crippen LogP contribution >= 0.6 is 11.3 Å². The molecule has 20 heavy (non-hydrogen) atoms. The van der Waals surface area contributed by atoms with Gasteiger partial charge in [-0.15, -0.1) is 11.3 Å². The minimum absolute atomic E-state index is 0.599. The van der Waals surface area contributed by atoms with E-state index in [0.29, 0.717) is 18.5 Å². The molecule has 1 saturated heterocycles. The van der Waals surface area contributed by atoms with Crippen LogP contribution in [0.25, 0.3) is 10.4 Å². The maximum absolute atomic E-state index is 5.63. The molecule has 0 atom stereocenters. The Bertz CT molecular complexity index is 568. The molecule has 1 aromatic heterocycles. The van der Waals surface area contributed by atoms with E-state index < -0.39 is 0 Å². The van der Waals surface area contributed by atoms with E-state index in [1.165, 1.54) is 21.0 Å². The number of rotatable bonds is 4. The molecule has 0 bridgehead atoms. The van der Waals surface area contributed by atoms with Crippen LogP contribution in [0.5, 0.6) is 0 Å². The Kier molecular flexibility index (Phi) is 3.87. The Hall–Kier alpha value is -1.23. The highest BCUT2D eigenvalue weighted by Crippen LogP contribution is 2.35. The molecule has 1 aliphatic rings. The molecule has 2 N–H and O–H groups in total. The number of thiazole rings is 1. The summed E-state index contributed by atoms with van der Waals surface area (Å²) in [6, 6.07) is 9.12. The van der Waals surface area contributed by atoms with Crippen molar-refractivity contribution in [2.75, 3.05) is 13.1 Å². The van der Waals surface area contributed by atoms with Crippen LogP contribution in [0.1, 0.15) is 30.3 Å². The molecule has 106 valence electrons. The van der Waals surface area contributed by atoms with Crippen molar-refractivity contribution in [2.24, 2.45) is 5.73 Å². The monoisotopic (exact) mass is 287 g/mol. The number of hydrogen-bond acceptors (Lipinski definition) is 4. The number of nitrogens with zero attached hydrogens (tertiary/aromatic N) is 2. The van der Waals surface area contributed by atoms with Gasteiger partial charge in [-0.3, -0.25) is 4.90 Å². The first-order valence-corrected chi connectivity index (χ1v) is 7.98. The standard InChI is InChI=1S/C16H21N3S/c1-11(2)19-9-14(10-19)16-18-8-15(20-16)13-5-3-12(7-17)4-6-13/h3-6,8,11,14H,7,9-10,17H2,1-2H3.